The van der Waals surface area contributed by atoms with Gasteiger partial charge in [-0.05, 0) is 29.3 Å². The van der Waals surface area contributed by atoms with Crippen molar-refractivity contribution in [2.45, 2.75) is 18.9 Å². The van der Waals surface area contributed by atoms with Crippen molar-refractivity contribution in [2.24, 2.45) is 0 Å². The number of ether oxygens (including phenoxy) is 1. The third-order valence-electron chi connectivity index (χ3n) is 3.85. The summed E-state index contributed by atoms with van der Waals surface area (Å²) in [4.78, 5) is 16.3. The first kappa shape index (κ1) is 17.0. The highest BCUT2D eigenvalue weighted by Crippen LogP contribution is 2.20. The molecule has 1 unspecified atom stereocenters. The van der Waals surface area contributed by atoms with Crippen LogP contribution in [0.25, 0.3) is 0 Å². The fourth-order valence-electron chi connectivity index (χ4n) is 2.73. The Morgan fingerprint density at radius 3 is 2.88 bits per heavy atom. The van der Waals surface area contributed by atoms with Crippen molar-refractivity contribution in [2.75, 3.05) is 19.7 Å². The Morgan fingerprint density at radius 2 is 2.17 bits per heavy atom. The summed E-state index contributed by atoms with van der Waals surface area (Å²) in [5.41, 5.74) is 1.69. The van der Waals surface area contributed by atoms with Gasteiger partial charge in [-0.25, -0.2) is 4.39 Å². The van der Waals surface area contributed by atoms with E-state index in [1.54, 1.807) is 24.4 Å². The molecule has 0 saturated carbocycles. The van der Waals surface area contributed by atoms with E-state index in [1.807, 2.05) is 6.07 Å². The van der Waals surface area contributed by atoms with Crippen LogP contribution in [0.2, 0.25) is 5.02 Å². The second-order valence-electron chi connectivity index (χ2n) is 5.80. The van der Waals surface area contributed by atoms with Crippen LogP contribution in [-0.2, 0) is 22.4 Å². The largest absolute Gasteiger partial charge is 0.369 e. The standard InChI is InChI=1S/C18H18ClFN2O2/c19-14-3-1-2-12(6-14)7-15(23)8-13-9-16(20)18(22-10-13)17-11-21-4-5-24-17/h1-3,6,9-10,17,21H,4-5,7-8,11H2. The smallest absolute Gasteiger partial charge is 0.147 e. The topological polar surface area (TPSA) is 51.2 Å². The van der Waals surface area contributed by atoms with E-state index >= 15 is 0 Å². The van der Waals surface area contributed by atoms with Gasteiger partial charge in [-0.1, -0.05) is 23.7 Å². The normalized spacial score (nSPS) is 17.7. The van der Waals surface area contributed by atoms with E-state index in [-0.39, 0.29) is 30.4 Å². The summed E-state index contributed by atoms with van der Waals surface area (Å²) in [6.45, 7) is 1.83. The van der Waals surface area contributed by atoms with Crippen LogP contribution in [0, 0.1) is 5.82 Å². The lowest BCUT2D eigenvalue weighted by Crippen LogP contribution is -2.34. The zero-order chi connectivity index (χ0) is 16.9. The van der Waals surface area contributed by atoms with Crippen molar-refractivity contribution in [3.63, 3.8) is 0 Å². The van der Waals surface area contributed by atoms with Gasteiger partial charge in [-0.2, -0.15) is 0 Å². The highest BCUT2D eigenvalue weighted by molar-refractivity contribution is 6.30. The van der Waals surface area contributed by atoms with E-state index in [0.717, 1.165) is 12.1 Å². The number of aromatic nitrogens is 1. The van der Waals surface area contributed by atoms with Crippen molar-refractivity contribution >= 4 is 17.4 Å². The van der Waals surface area contributed by atoms with Gasteiger partial charge in [-0.3, -0.25) is 9.78 Å². The highest BCUT2D eigenvalue weighted by Gasteiger charge is 2.21. The fourth-order valence-corrected chi connectivity index (χ4v) is 2.94. The first-order valence-corrected chi connectivity index (χ1v) is 8.22. The lowest BCUT2D eigenvalue weighted by molar-refractivity contribution is -0.117. The molecule has 0 aliphatic carbocycles. The van der Waals surface area contributed by atoms with E-state index in [2.05, 4.69) is 10.3 Å². The third-order valence-corrected chi connectivity index (χ3v) is 4.09. The molecule has 2 aromatic rings. The molecule has 0 radical (unpaired) electrons. The number of pyridine rings is 1. The SMILES string of the molecule is O=C(Cc1cccc(Cl)c1)Cc1cnc(C2CNCCO2)c(F)c1. The number of hydrogen-bond donors (Lipinski definition) is 1. The van der Waals surface area contributed by atoms with Gasteiger partial charge in [0.05, 0.1) is 6.61 Å². The molecule has 1 aromatic carbocycles. The lowest BCUT2D eigenvalue weighted by Gasteiger charge is -2.23. The van der Waals surface area contributed by atoms with Crippen LogP contribution in [0.5, 0.6) is 0 Å². The number of carbonyl (C=O) groups excluding carboxylic acids is 1. The first-order chi connectivity index (χ1) is 11.6. The zero-order valence-corrected chi connectivity index (χ0v) is 13.9. The molecular weight excluding hydrogens is 331 g/mol. The maximum Gasteiger partial charge on any atom is 0.147 e. The molecular formula is C18H18ClFN2O2. The second kappa shape index (κ2) is 7.83. The van der Waals surface area contributed by atoms with Crippen molar-refractivity contribution in [3.05, 3.63) is 64.2 Å². The average Bonchev–Trinajstić information content (AvgIpc) is 2.55. The number of ketones is 1. The molecule has 0 spiro atoms. The molecule has 1 atom stereocenters. The maximum absolute atomic E-state index is 14.3. The van der Waals surface area contributed by atoms with Crippen LogP contribution in [0.3, 0.4) is 0 Å². The van der Waals surface area contributed by atoms with Crippen molar-refractivity contribution in [3.8, 4) is 0 Å². The van der Waals surface area contributed by atoms with Crippen LogP contribution >= 0.6 is 11.6 Å². The number of benzene rings is 1. The number of nitrogens with one attached hydrogen (secondary N) is 1. The molecule has 2 heterocycles. The third kappa shape index (κ3) is 4.38. The predicted molar refractivity (Wildman–Crippen MR) is 89.6 cm³/mol. The number of morpholine rings is 1. The summed E-state index contributed by atoms with van der Waals surface area (Å²) in [6.07, 6.45) is 1.57. The van der Waals surface area contributed by atoms with Gasteiger partial charge in [0.25, 0.3) is 0 Å². The number of carbonyl (C=O) groups is 1. The van der Waals surface area contributed by atoms with E-state index in [4.69, 9.17) is 16.3 Å². The Bertz CT molecular complexity index is 733. The van der Waals surface area contributed by atoms with E-state index < -0.39 is 5.82 Å². The molecule has 1 aromatic heterocycles. The molecule has 1 saturated heterocycles. The van der Waals surface area contributed by atoms with E-state index in [0.29, 0.717) is 23.7 Å². The Kier molecular flexibility index (Phi) is 5.56. The van der Waals surface area contributed by atoms with Gasteiger partial charge in [0.2, 0.25) is 0 Å². The van der Waals surface area contributed by atoms with Gasteiger partial charge in [0.15, 0.2) is 0 Å². The van der Waals surface area contributed by atoms with E-state index in [1.165, 1.54) is 6.07 Å². The molecule has 24 heavy (non-hydrogen) atoms. The molecule has 1 aliphatic heterocycles. The molecule has 4 nitrogen and oxygen atoms in total. The number of Topliss-reactive ketones (excluding diaryl/α,β-unsaturated/α-hetero) is 1. The van der Waals surface area contributed by atoms with Crippen LogP contribution in [0.1, 0.15) is 22.9 Å². The summed E-state index contributed by atoms with van der Waals surface area (Å²) < 4.78 is 19.8. The minimum Gasteiger partial charge on any atom is -0.369 e. The second-order valence-corrected chi connectivity index (χ2v) is 6.23. The molecule has 1 N–H and O–H groups in total. The number of nitrogens with zero attached hydrogens (tertiary/aromatic N) is 1. The quantitative estimate of drug-likeness (QED) is 0.902. The van der Waals surface area contributed by atoms with Crippen molar-refractivity contribution in [1.82, 2.24) is 10.3 Å². The van der Waals surface area contributed by atoms with Crippen molar-refractivity contribution < 1.29 is 13.9 Å². The van der Waals surface area contributed by atoms with Gasteiger partial charge < -0.3 is 10.1 Å². The highest BCUT2D eigenvalue weighted by atomic mass is 35.5. The Hall–Kier alpha value is -1.82. The maximum atomic E-state index is 14.3. The molecule has 6 heteroatoms. The van der Waals surface area contributed by atoms with E-state index in [9.17, 15) is 9.18 Å². The van der Waals surface area contributed by atoms with Gasteiger partial charge in [0, 0.05) is 37.2 Å². The minimum absolute atomic E-state index is 0.0122. The number of halogens is 2. The Morgan fingerprint density at radius 1 is 1.33 bits per heavy atom. The molecule has 126 valence electrons. The zero-order valence-electron chi connectivity index (χ0n) is 13.1. The van der Waals surface area contributed by atoms with Crippen LogP contribution in [0.4, 0.5) is 4.39 Å². The summed E-state index contributed by atoms with van der Waals surface area (Å²) in [5.74, 6) is -0.446. The molecule has 0 amide bonds. The summed E-state index contributed by atoms with van der Waals surface area (Å²) in [7, 11) is 0. The lowest BCUT2D eigenvalue weighted by atomic mass is 10.0. The van der Waals surface area contributed by atoms with Crippen LogP contribution < -0.4 is 5.32 Å². The van der Waals surface area contributed by atoms with Crippen LogP contribution in [0.15, 0.2) is 36.5 Å². The fraction of sp³-hybridized carbons (Fsp3) is 0.333. The van der Waals surface area contributed by atoms with Gasteiger partial charge >= 0.3 is 0 Å². The molecule has 0 bridgehead atoms. The number of hydrogen-bond acceptors (Lipinski definition) is 4. The van der Waals surface area contributed by atoms with Gasteiger partial charge in [-0.15, -0.1) is 0 Å². The minimum atomic E-state index is -0.434. The molecule has 1 aliphatic rings. The number of rotatable bonds is 5. The predicted octanol–water partition coefficient (Wildman–Crippen LogP) is 2.89. The first-order valence-electron chi connectivity index (χ1n) is 7.84. The molecule has 3 rings (SSSR count). The molecule has 1 fully saturated rings. The monoisotopic (exact) mass is 348 g/mol. The summed E-state index contributed by atoms with van der Waals surface area (Å²) in [5, 5.41) is 3.74. The Balaban J connectivity index is 1.64. The Labute approximate surface area is 145 Å². The summed E-state index contributed by atoms with van der Waals surface area (Å²) in [6, 6.07) is 8.54. The summed E-state index contributed by atoms with van der Waals surface area (Å²) >= 11 is 5.91. The van der Waals surface area contributed by atoms with Crippen molar-refractivity contribution in [1.29, 1.82) is 0 Å². The average molecular weight is 349 g/mol. The van der Waals surface area contributed by atoms with Gasteiger partial charge in [0.1, 0.15) is 23.4 Å². The van der Waals surface area contributed by atoms with Crippen LogP contribution in [-0.4, -0.2) is 30.5 Å².